The predicted octanol–water partition coefficient (Wildman–Crippen LogP) is 0.772. The van der Waals surface area contributed by atoms with Crippen molar-refractivity contribution in [2.24, 2.45) is 5.92 Å². The van der Waals surface area contributed by atoms with Crippen LogP contribution in [0.2, 0.25) is 0 Å². The molecule has 11 heavy (non-hydrogen) atoms. The number of carbonyl (C=O) groups excluding carboxylic acids is 1. The van der Waals surface area contributed by atoms with Crippen LogP contribution in [-0.2, 0) is 9.53 Å². The lowest BCUT2D eigenvalue weighted by Crippen LogP contribution is -2.14. The summed E-state index contributed by atoms with van der Waals surface area (Å²) in [5, 5.41) is 8.52. The van der Waals surface area contributed by atoms with Gasteiger partial charge in [-0.3, -0.25) is 4.79 Å². The van der Waals surface area contributed by atoms with Crippen LogP contribution in [0, 0.1) is 12.8 Å². The summed E-state index contributed by atoms with van der Waals surface area (Å²) >= 11 is 0. The van der Waals surface area contributed by atoms with Gasteiger partial charge in [0.05, 0.1) is 6.61 Å². The maximum atomic E-state index is 10.7. The molecule has 1 radical (unpaired) electrons. The van der Waals surface area contributed by atoms with Crippen LogP contribution in [0.4, 0.5) is 0 Å². The Labute approximate surface area is 67.4 Å². The largest absolute Gasteiger partial charge is 0.465 e. The SMILES string of the molecule is [CH2]C(CO)COC(=O)CCC. The molecule has 0 spiro atoms. The van der Waals surface area contributed by atoms with E-state index in [-0.39, 0.29) is 25.1 Å². The molecule has 0 aliphatic carbocycles. The van der Waals surface area contributed by atoms with Gasteiger partial charge in [-0.25, -0.2) is 0 Å². The third-order valence-electron chi connectivity index (χ3n) is 1.19. The fraction of sp³-hybridized carbons (Fsp3) is 0.750. The van der Waals surface area contributed by atoms with Crippen molar-refractivity contribution in [1.29, 1.82) is 0 Å². The van der Waals surface area contributed by atoms with Crippen LogP contribution in [0.1, 0.15) is 19.8 Å². The molecule has 3 nitrogen and oxygen atoms in total. The van der Waals surface area contributed by atoms with E-state index in [0.29, 0.717) is 6.42 Å². The minimum atomic E-state index is -0.213. The van der Waals surface area contributed by atoms with Gasteiger partial charge in [-0.2, -0.15) is 0 Å². The maximum absolute atomic E-state index is 10.7. The standard InChI is InChI=1S/C8H15O3/c1-3-4-8(10)11-6-7(2)5-9/h7,9H,2-6H2,1H3. The smallest absolute Gasteiger partial charge is 0.305 e. The highest BCUT2D eigenvalue weighted by Crippen LogP contribution is 1.96. The number of ether oxygens (including phenoxy) is 1. The highest BCUT2D eigenvalue weighted by Gasteiger charge is 2.04. The normalized spacial score (nSPS) is 12.6. The lowest BCUT2D eigenvalue weighted by atomic mass is 10.2. The molecule has 0 aromatic carbocycles. The van der Waals surface area contributed by atoms with Gasteiger partial charge >= 0.3 is 5.97 Å². The first-order chi connectivity index (χ1) is 5.20. The van der Waals surface area contributed by atoms with Gasteiger partial charge in [-0.15, -0.1) is 0 Å². The molecule has 0 rings (SSSR count). The van der Waals surface area contributed by atoms with Crippen molar-refractivity contribution in [2.75, 3.05) is 13.2 Å². The summed E-state index contributed by atoms with van der Waals surface area (Å²) < 4.78 is 4.77. The van der Waals surface area contributed by atoms with Gasteiger partial charge in [-0.05, 0) is 13.3 Å². The van der Waals surface area contributed by atoms with Crippen molar-refractivity contribution >= 4 is 5.97 Å². The molecule has 0 fully saturated rings. The Kier molecular flexibility index (Phi) is 5.84. The molecule has 65 valence electrons. The number of carbonyl (C=O) groups is 1. The molecule has 0 heterocycles. The topological polar surface area (TPSA) is 46.5 Å². The van der Waals surface area contributed by atoms with Crippen molar-refractivity contribution in [1.82, 2.24) is 0 Å². The molecular formula is C8H15O3. The van der Waals surface area contributed by atoms with Crippen LogP contribution in [0.3, 0.4) is 0 Å². The minimum absolute atomic E-state index is 0.0423. The third-order valence-corrected chi connectivity index (χ3v) is 1.19. The van der Waals surface area contributed by atoms with Crippen molar-refractivity contribution in [3.05, 3.63) is 6.92 Å². The third kappa shape index (κ3) is 5.85. The maximum Gasteiger partial charge on any atom is 0.305 e. The molecule has 1 unspecified atom stereocenters. The summed E-state index contributed by atoms with van der Waals surface area (Å²) in [6.07, 6.45) is 1.23. The monoisotopic (exact) mass is 159 g/mol. The Morgan fingerprint density at radius 1 is 1.73 bits per heavy atom. The Bertz CT molecular complexity index is 112. The average molecular weight is 159 g/mol. The summed E-state index contributed by atoms with van der Waals surface area (Å²) in [6.45, 7) is 5.65. The first kappa shape index (κ1) is 10.4. The molecule has 0 amide bonds. The van der Waals surface area contributed by atoms with Gasteiger partial charge in [-0.1, -0.05) is 6.92 Å². The predicted molar refractivity (Wildman–Crippen MR) is 41.8 cm³/mol. The van der Waals surface area contributed by atoms with Gasteiger partial charge < -0.3 is 9.84 Å². The number of hydrogen-bond donors (Lipinski definition) is 1. The lowest BCUT2D eigenvalue weighted by molar-refractivity contribution is -0.144. The van der Waals surface area contributed by atoms with E-state index in [0.717, 1.165) is 6.42 Å². The van der Waals surface area contributed by atoms with Gasteiger partial charge in [0.2, 0.25) is 0 Å². The second kappa shape index (κ2) is 6.16. The van der Waals surface area contributed by atoms with Crippen LogP contribution < -0.4 is 0 Å². The first-order valence-corrected chi connectivity index (χ1v) is 3.80. The number of aliphatic hydroxyl groups excluding tert-OH is 1. The van der Waals surface area contributed by atoms with E-state index in [1.54, 1.807) is 0 Å². The summed E-state index contributed by atoms with van der Waals surface area (Å²) in [7, 11) is 0. The molecular weight excluding hydrogens is 144 g/mol. The highest BCUT2D eigenvalue weighted by molar-refractivity contribution is 5.69. The van der Waals surface area contributed by atoms with E-state index in [2.05, 4.69) is 6.92 Å². The fourth-order valence-electron chi connectivity index (χ4n) is 0.540. The molecule has 1 atom stereocenters. The summed E-state index contributed by atoms with van der Waals surface area (Å²) in [4.78, 5) is 10.7. The second-order valence-electron chi connectivity index (χ2n) is 2.48. The minimum Gasteiger partial charge on any atom is -0.465 e. The fourth-order valence-corrected chi connectivity index (χ4v) is 0.540. The number of aliphatic hydroxyl groups is 1. The zero-order valence-electron chi connectivity index (χ0n) is 6.88. The van der Waals surface area contributed by atoms with E-state index in [1.165, 1.54) is 0 Å². The molecule has 0 aliphatic rings. The quantitative estimate of drug-likeness (QED) is 0.603. The zero-order chi connectivity index (χ0) is 8.69. The molecule has 0 aliphatic heterocycles. The van der Waals surface area contributed by atoms with E-state index in [9.17, 15) is 4.79 Å². The Balaban J connectivity index is 3.30. The Morgan fingerprint density at radius 3 is 2.82 bits per heavy atom. The average Bonchev–Trinajstić information content (AvgIpc) is 2.01. The van der Waals surface area contributed by atoms with Gasteiger partial charge in [0.15, 0.2) is 0 Å². The summed E-state index contributed by atoms with van der Waals surface area (Å²) in [6, 6.07) is 0. The zero-order valence-corrected chi connectivity index (χ0v) is 6.88. The van der Waals surface area contributed by atoms with E-state index >= 15 is 0 Å². The van der Waals surface area contributed by atoms with E-state index in [4.69, 9.17) is 9.84 Å². The van der Waals surface area contributed by atoms with Gasteiger partial charge in [0, 0.05) is 18.9 Å². The summed E-state index contributed by atoms with van der Waals surface area (Å²) in [5.41, 5.74) is 0. The Hall–Kier alpha value is -0.570. The van der Waals surface area contributed by atoms with Crippen molar-refractivity contribution in [2.45, 2.75) is 19.8 Å². The molecule has 0 aromatic heterocycles. The lowest BCUT2D eigenvalue weighted by Gasteiger charge is -2.07. The molecule has 3 heteroatoms. The van der Waals surface area contributed by atoms with E-state index in [1.807, 2.05) is 6.92 Å². The van der Waals surface area contributed by atoms with Crippen LogP contribution >= 0.6 is 0 Å². The molecule has 0 bridgehead atoms. The molecule has 0 saturated carbocycles. The second-order valence-corrected chi connectivity index (χ2v) is 2.48. The molecule has 1 N–H and O–H groups in total. The van der Waals surface area contributed by atoms with Crippen molar-refractivity contribution in [3.63, 3.8) is 0 Å². The molecule has 0 saturated heterocycles. The van der Waals surface area contributed by atoms with Crippen LogP contribution in [0.15, 0.2) is 0 Å². The van der Waals surface area contributed by atoms with Gasteiger partial charge in [0.25, 0.3) is 0 Å². The van der Waals surface area contributed by atoms with Crippen molar-refractivity contribution in [3.8, 4) is 0 Å². The van der Waals surface area contributed by atoms with E-state index < -0.39 is 0 Å². The van der Waals surface area contributed by atoms with Gasteiger partial charge in [0.1, 0.15) is 0 Å². The Morgan fingerprint density at radius 2 is 2.36 bits per heavy atom. The number of rotatable bonds is 5. The number of hydrogen-bond acceptors (Lipinski definition) is 3. The first-order valence-electron chi connectivity index (χ1n) is 3.80. The van der Waals surface area contributed by atoms with Crippen LogP contribution in [0.5, 0.6) is 0 Å². The number of esters is 1. The van der Waals surface area contributed by atoms with Crippen LogP contribution in [-0.4, -0.2) is 24.3 Å². The summed E-state index contributed by atoms with van der Waals surface area (Å²) in [5.74, 6) is -0.412. The molecule has 0 aromatic rings. The highest BCUT2D eigenvalue weighted by atomic mass is 16.5. The van der Waals surface area contributed by atoms with Crippen LogP contribution in [0.25, 0.3) is 0 Å². The van der Waals surface area contributed by atoms with Crippen molar-refractivity contribution < 1.29 is 14.6 Å².